The van der Waals surface area contributed by atoms with E-state index in [-0.39, 0.29) is 12.4 Å². The normalized spacial score (nSPS) is 10.1. The highest BCUT2D eigenvalue weighted by molar-refractivity contribution is 5.85. The Balaban J connectivity index is 0.00000361. The molecule has 0 unspecified atom stereocenters. The van der Waals surface area contributed by atoms with E-state index < -0.39 is 0 Å². The molecule has 0 aliphatic rings. The molecule has 0 saturated heterocycles. The van der Waals surface area contributed by atoms with Crippen LogP contribution in [-0.2, 0) is 11.3 Å². The van der Waals surface area contributed by atoms with Gasteiger partial charge in [-0.3, -0.25) is 0 Å². The predicted octanol–water partition coefficient (Wildman–Crippen LogP) is 3.80. The van der Waals surface area contributed by atoms with Gasteiger partial charge in [-0.25, -0.2) is 0 Å². The third-order valence-electron chi connectivity index (χ3n) is 2.85. The van der Waals surface area contributed by atoms with E-state index in [1.165, 1.54) is 18.4 Å². The van der Waals surface area contributed by atoms with Crippen LogP contribution in [-0.4, -0.2) is 26.4 Å². The molecule has 1 aromatic rings. The Bertz CT molecular complexity index is 317. The maximum Gasteiger partial charge on any atom is 0.119 e. The lowest BCUT2D eigenvalue weighted by Crippen LogP contribution is -2.16. The molecule has 0 fully saturated rings. The zero-order valence-electron chi connectivity index (χ0n) is 12.7. The van der Waals surface area contributed by atoms with Gasteiger partial charge in [-0.05, 0) is 44.0 Å². The highest BCUT2D eigenvalue weighted by atomic mass is 35.5. The fraction of sp³-hybridized carbons (Fsp3) is 0.625. The smallest absolute Gasteiger partial charge is 0.119 e. The second-order valence-electron chi connectivity index (χ2n) is 4.57. The molecule has 0 heterocycles. The minimum absolute atomic E-state index is 0. The zero-order chi connectivity index (χ0) is 13.8. The fourth-order valence-corrected chi connectivity index (χ4v) is 1.75. The zero-order valence-corrected chi connectivity index (χ0v) is 13.5. The van der Waals surface area contributed by atoms with Gasteiger partial charge in [-0.2, -0.15) is 0 Å². The molecule has 0 amide bonds. The van der Waals surface area contributed by atoms with Crippen LogP contribution >= 0.6 is 12.4 Å². The number of unbranched alkanes of at least 4 members (excludes halogenated alkanes) is 1. The van der Waals surface area contributed by atoms with Crippen LogP contribution in [0.25, 0.3) is 0 Å². The van der Waals surface area contributed by atoms with Crippen molar-refractivity contribution in [1.82, 2.24) is 5.32 Å². The maximum atomic E-state index is 5.51. The van der Waals surface area contributed by atoms with Gasteiger partial charge in [0.25, 0.3) is 0 Å². The van der Waals surface area contributed by atoms with E-state index in [9.17, 15) is 0 Å². The largest absolute Gasteiger partial charge is 0.494 e. The quantitative estimate of drug-likeness (QED) is 0.631. The minimum Gasteiger partial charge on any atom is -0.494 e. The van der Waals surface area contributed by atoms with Crippen LogP contribution in [0, 0.1) is 0 Å². The number of halogens is 1. The lowest BCUT2D eigenvalue weighted by Gasteiger charge is -2.07. The summed E-state index contributed by atoms with van der Waals surface area (Å²) in [6, 6.07) is 8.26. The standard InChI is InChI=1S/C16H27NO2.ClH/c1-3-5-12-18-13-6-11-17-14-15-7-9-16(10-8-15)19-4-2;/h7-10,17H,3-6,11-14H2,1-2H3;1H. The van der Waals surface area contributed by atoms with Crippen molar-refractivity contribution in [3.05, 3.63) is 29.8 Å². The molecule has 0 aliphatic heterocycles. The van der Waals surface area contributed by atoms with Crippen LogP contribution in [0.2, 0.25) is 0 Å². The fourth-order valence-electron chi connectivity index (χ4n) is 1.75. The molecule has 20 heavy (non-hydrogen) atoms. The lowest BCUT2D eigenvalue weighted by atomic mass is 10.2. The topological polar surface area (TPSA) is 30.5 Å². The van der Waals surface area contributed by atoms with E-state index in [0.29, 0.717) is 0 Å². The number of hydrogen-bond donors (Lipinski definition) is 1. The summed E-state index contributed by atoms with van der Waals surface area (Å²) < 4.78 is 10.9. The first kappa shape index (κ1) is 19.2. The molecule has 0 radical (unpaired) electrons. The van der Waals surface area contributed by atoms with Gasteiger partial charge >= 0.3 is 0 Å². The number of hydrogen-bond acceptors (Lipinski definition) is 3. The number of ether oxygens (including phenoxy) is 2. The van der Waals surface area contributed by atoms with Gasteiger partial charge in [0.15, 0.2) is 0 Å². The Morgan fingerprint density at radius 1 is 1.00 bits per heavy atom. The second kappa shape index (κ2) is 13.2. The van der Waals surface area contributed by atoms with Crippen molar-refractivity contribution in [3.8, 4) is 5.75 Å². The van der Waals surface area contributed by atoms with Crippen LogP contribution in [0.3, 0.4) is 0 Å². The highest BCUT2D eigenvalue weighted by Crippen LogP contribution is 2.11. The minimum atomic E-state index is 0. The highest BCUT2D eigenvalue weighted by Gasteiger charge is 1.95. The molecule has 0 saturated carbocycles. The van der Waals surface area contributed by atoms with Crippen LogP contribution in [0.15, 0.2) is 24.3 Å². The van der Waals surface area contributed by atoms with Gasteiger partial charge in [0.05, 0.1) is 6.61 Å². The number of nitrogens with one attached hydrogen (secondary N) is 1. The third kappa shape index (κ3) is 9.18. The number of benzene rings is 1. The molecule has 1 N–H and O–H groups in total. The van der Waals surface area contributed by atoms with Crippen LogP contribution < -0.4 is 10.1 Å². The van der Waals surface area contributed by atoms with Crippen molar-refractivity contribution in [3.63, 3.8) is 0 Å². The SMILES string of the molecule is CCCCOCCCNCc1ccc(OCC)cc1.Cl. The predicted molar refractivity (Wildman–Crippen MR) is 86.9 cm³/mol. The van der Waals surface area contributed by atoms with Crippen molar-refractivity contribution in [1.29, 1.82) is 0 Å². The van der Waals surface area contributed by atoms with Crippen molar-refractivity contribution >= 4 is 12.4 Å². The Kier molecular flexibility index (Phi) is 12.7. The molecule has 0 atom stereocenters. The van der Waals surface area contributed by atoms with E-state index in [2.05, 4.69) is 24.4 Å². The van der Waals surface area contributed by atoms with Crippen molar-refractivity contribution in [2.45, 2.75) is 39.7 Å². The first-order chi connectivity index (χ1) is 9.36. The average Bonchev–Trinajstić information content (AvgIpc) is 2.44. The third-order valence-corrected chi connectivity index (χ3v) is 2.85. The molecule has 0 aliphatic carbocycles. The molecule has 3 nitrogen and oxygen atoms in total. The molecular weight excluding hydrogens is 274 g/mol. The van der Waals surface area contributed by atoms with E-state index in [4.69, 9.17) is 9.47 Å². The molecule has 0 spiro atoms. The summed E-state index contributed by atoms with van der Waals surface area (Å²) in [7, 11) is 0. The molecule has 0 bridgehead atoms. The van der Waals surface area contributed by atoms with E-state index in [1.807, 2.05) is 19.1 Å². The first-order valence-electron chi connectivity index (χ1n) is 7.37. The van der Waals surface area contributed by atoms with Gasteiger partial charge in [0.1, 0.15) is 5.75 Å². The maximum absolute atomic E-state index is 5.51. The van der Waals surface area contributed by atoms with E-state index in [0.717, 1.165) is 45.1 Å². The Hall–Kier alpha value is -0.770. The summed E-state index contributed by atoms with van der Waals surface area (Å²) in [5, 5.41) is 3.42. The second-order valence-corrected chi connectivity index (χ2v) is 4.57. The van der Waals surface area contributed by atoms with E-state index in [1.54, 1.807) is 0 Å². The molecule has 4 heteroatoms. The Morgan fingerprint density at radius 3 is 2.35 bits per heavy atom. The van der Waals surface area contributed by atoms with Crippen molar-refractivity contribution in [2.24, 2.45) is 0 Å². The van der Waals surface area contributed by atoms with Crippen LogP contribution in [0.1, 0.15) is 38.7 Å². The number of rotatable bonds is 11. The van der Waals surface area contributed by atoms with Crippen LogP contribution in [0.5, 0.6) is 5.75 Å². The summed E-state index contributed by atoms with van der Waals surface area (Å²) in [5.74, 6) is 0.940. The monoisotopic (exact) mass is 301 g/mol. The van der Waals surface area contributed by atoms with Gasteiger partial charge < -0.3 is 14.8 Å². The molecule has 0 aromatic heterocycles. The first-order valence-corrected chi connectivity index (χ1v) is 7.37. The Labute approximate surface area is 129 Å². The summed E-state index contributed by atoms with van der Waals surface area (Å²) in [5.41, 5.74) is 1.29. The van der Waals surface area contributed by atoms with Crippen LogP contribution in [0.4, 0.5) is 0 Å². The molecule has 1 aromatic carbocycles. The van der Waals surface area contributed by atoms with Gasteiger partial charge in [0.2, 0.25) is 0 Å². The molecular formula is C16H28ClNO2. The van der Waals surface area contributed by atoms with Crippen molar-refractivity contribution in [2.75, 3.05) is 26.4 Å². The Morgan fingerprint density at radius 2 is 1.70 bits per heavy atom. The molecule has 116 valence electrons. The molecule has 1 rings (SSSR count). The summed E-state index contributed by atoms with van der Waals surface area (Å²) >= 11 is 0. The lowest BCUT2D eigenvalue weighted by molar-refractivity contribution is 0.129. The van der Waals surface area contributed by atoms with Gasteiger partial charge in [0, 0.05) is 19.8 Å². The summed E-state index contributed by atoms with van der Waals surface area (Å²) in [4.78, 5) is 0. The van der Waals surface area contributed by atoms with E-state index >= 15 is 0 Å². The summed E-state index contributed by atoms with van der Waals surface area (Å²) in [6.07, 6.45) is 3.44. The summed E-state index contributed by atoms with van der Waals surface area (Å²) in [6.45, 7) is 8.56. The van der Waals surface area contributed by atoms with Gasteiger partial charge in [-0.1, -0.05) is 25.5 Å². The average molecular weight is 302 g/mol. The van der Waals surface area contributed by atoms with Gasteiger partial charge in [-0.15, -0.1) is 12.4 Å². The van der Waals surface area contributed by atoms with Crippen molar-refractivity contribution < 1.29 is 9.47 Å².